The number of benzene rings is 1. The Morgan fingerprint density at radius 3 is 2.88 bits per heavy atom. The fourth-order valence-corrected chi connectivity index (χ4v) is 3.38. The minimum Gasteiger partial charge on any atom is -0.393 e. The summed E-state index contributed by atoms with van der Waals surface area (Å²) in [5.41, 5.74) is 2.06. The number of aromatic nitrogens is 2. The third kappa shape index (κ3) is 4.80. The molecule has 0 bridgehead atoms. The molecule has 6 heteroatoms. The third-order valence-electron chi connectivity index (χ3n) is 4.86. The number of halogens is 1. The Morgan fingerprint density at radius 2 is 2.16 bits per heavy atom. The van der Waals surface area contributed by atoms with Crippen LogP contribution < -0.4 is 10.2 Å². The van der Waals surface area contributed by atoms with Gasteiger partial charge in [-0.25, -0.2) is 9.37 Å². The Balaban J connectivity index is 1.60. The van der Waals surface area contributed by atoms with Crippen molar-refractivity contribution in [2.45, 2.75) is 44.9 Å². The molecule has 3 rings (SSSR count). The molecule has 1 fully saturated rings. The van der Waals surface area contributed by atoms with Crippen molar-refractivity contribution in [3.05, 3.63) is 48.3 Å². The van der Waals surface area contributed by atoms with Crippen LogP contribution in [0.5, 0.6) is 0 Å². The van der Waals surface area contributed by atoms with Gasteiger partial charge in [-0.15, -0.1) is 0 Å². The Kier molecular flexibility index (Phi) is 6.04. The van der Waals surface area contributed by atoms with Crippen molar-refractivity contribution in [1.29, 1.82) is 0 Å². The lowest BCUT2D eigenvalue weighted by Crippen LogP contribution is -2.37. The first-order valence-electron chi connectivity index (χ1n) is 9.05. The highest BCUT2D eigenvalue weighted by Gasteiger charge is 2.21. The number of hydrogen-bond donors (Lipinski definition) is 2. The topological polar surface area (TPSA) is 53.3 Å². The molecule has 1 unspecified atom stereocenters. The van der Waals surface area contributed by atoms with E-state index in [-0.39, 0.29) is 18.0 Å². The van der Waals surface area contributed by atoms with Gasteiger partial charge in [0.2, 0.25) is 0 Å². The average Bonchev–Trinajstić information content (AvgIpc) is 3.13. The van der Waals surface area contributed by atoms with Crippen molar-refractivity contribution < 1.29 is 9.50 Å². The van der Waals surface area contributed by atoms with Crippen LogP contribution in [0, 0.1) is 5.82 Å². The zero-order valence-corrected chi connectivity index (χ0v) is 14.7. The van der Waals surface area contributed by atoms with Crippen LogP contribution in [0.2, 0.25) is 0 Å². The maximum absolute atomic E-state index is 13.8. The van der Waals surface area contributed by atoms with Gasteiger partial charge in [0.05, 0.1) is 12.4 Å². The molecule has 1 aromatic heterocycles. The zero-order valence-electron chi connectivity index (χ0n) is 14.7. The molecule has 1 aliphatic heterocycles. The number of aliphatic hydroxyl groups excluding tert-OH is 1. The summed E-state index contributed by atoms with van der Waals surface area (Å²) in [7, 11) is 0. The van der Waals surface area contributed by atoms with Crippen LogP contribution in [0.4, 0.5) is 10.1 Å². The Labute approximate surface area is 148 Å². The van der Waals surface area contributed by atoms with Crippen LogP contribution in [0.3, 0.4) is 0 Å². The molecule has 1 aromatic carbocycles. The predicted molar refractivity (Wildman–Crippen MR) is 97.1 cm³/mol. The van der Waals surface area contributed by atoms with Gasteiger partial charge in [-0.2, -0.15) is 0 Å². The van der Waals surface area contributed by atoms with Crippen molar-refractivity contribution in [2.75, 3.05) is 24.5 Å². The second-order valence-electron chi connectivity index (χ2n) is 6.75. The summed E-state index contributed by atoms with van der Waals surface area (Å²) in [6.45, 7) is 5.47. The van der Waals surface area contributed by atoms with Crippen molar-refractivity contribution >= 4 is 5.69 Å². The van der Waals surface area contributed by atoms with Crippen molar-refractivity contribution in [3.8, 4) is 0 Å². The zero-order chi connectivity index (χ0) is 17.6. The SMILES string of the molecule is CC(NCCCn1ccnc1)c1cc(F)ccc1N1CCC(O)CC1. The molecular weight excluding hydrogens is 319 g/mol. The number of hydrogen-bond acceptors (Lipinski definition) is 4. The predicted octanol–water partition coefficient (Wildman–Crippen LogP) is 2.72. The van der Waals surface area contributed by atoms with Gasteiger partial charge in [0.15, 0.2) is 0 Å². The van der Waals surface area contributed by atoms with E-state index in [1.807, 2.05) is 18.6 Å². The largest absolute Gasteiger partial charge is 0.393 e. The maximum atomic E-state index is 13.8. The van der Waals surface area contributed by atoms with E-state index in [0.717, 1.165) is 56.7 Å². The first kappa shape index (κ1) is 17.9. The molecule has 0 amide bonds. The lowest BCUT2D eigenvalue weighted by Gasteiger charge is -2.34. The van der Waals surface area contributed by atoms with E-state index < -0.39 is 0 Å². The van der Waals surface area contributed by atoms with Gasteiger partial charge in [0, 0.05) is 43.8 Å². The molecule has 2 aromatic rings. The average molecular weight is 346 g/mol. The maximum Gasteiger partial charge on any atom is 0.123 e. The molecule has 2 heterocycles. The molecule has 1 saturated heterocycles. The number of anilines is 1. The highest BCUT2D eigenvalue weighted by molar-refractivity contribution is 5.55. The number of piperidine rings is 1. The van der Waals surface area contributed by atoms with Gasteiger partial charge < -0.3 is 19.9 Å². The quantitative estimate of drug-likeness (QED) is 0.757. The van der Waals surface area contributed by atoms with Crippen LogP contribution >= 0.6 is 0 Å². The molecule has 1 atom stereocenters. The molecule has 0 aliphatic carbocycles. The number of imidazole rings is 1. The Morgan fingerprint density at radius 1 is 1.36 bits per heavy atom. The molecule has 2 N–H and O–H groups in total. The molecule has 0 saturated carbocycles. The Bertz CT molecular complexity index is 653. The monoisotopic (exact) mass is 346 g/mol. The fraction of sp³-hybridized carbons (Fsp3) is 0.526. The van der Waals surface area contributed by atoms with Crippen LogP contribution in [0.1, 0.15) is 37.8 Å². The highest BCUT2D eigenvalue weighted by Crippen LogP contribution is 2.29. The van der Waals surface area contributed by atoms with E-state index in [9.17, 15) is 9.50 Å². The number of aryl methyl sites for hydroxylation is 1. The van der Waals surface area contributed by atoms with E-state index in [4.69, 9.17) is 0 Å². The summed E-state index contributed by atoms with van der Waals surface area (Å²) < 4.78 is 15.9. The van der Waals surface area contributed by atoms with Crippen molar-refractivity contribution in [3.63, 3.8) is 0 Å². The van der Waals surface area contributed by atoms with E-state index in [2.05, 4.69) is 26.7 Å². The van der Waals surface area contributed by atoms with Crippen LogP contribution in [0.25, 0.3) is 0 Å². The fourth-order valence-electron chi connectivity index (χ4n) is 3.38. The van der Waals surface area contributed by atoms with Crippen molar-refractivity contribution in [2.24, 2.45) is 0 Å². The van der Waals surface area contributed by atoms with Crippen molar-refractivity contribution in [1.82, 2.24) is 14.9 Å². The second kappa shape index (κ2) is 8.45. The third-order valence-corrected chi connectivity index (χ3v) is 4.86. The number of aliphatic hydroxyl groups is 1. The van der Waals surface area contributed by atoms with Gasteiger partial charge in [-0.05, 0) is 56.5 Å². The second-order valence-corrected chi connectivity index (χ2v) is 6.75. The van der Waals surface area contributed by atoms with Crippen LogP contribution in [-0.4, -0.2) is 40.4 Å². The van der Waals surface area contributed by atoms with Gasteiger partial charge in [-0.1, -0.05) is 0 Å². The standard InChI is InChI=1S/C19H27FN4O/c1-15(22-7-2-9-23-12-8-21-14-23)18-13-16(20)3-4-19(18)24-10-5-17(25)6-11-24/h3-4,8,12-15,17,22,25H,2,5-7,9-11H2,1H3. The van der Waals surface area contributed by atoms with E-state index in [0.29, 0.717) is 0 Å². The summed E-state index contributed by atoms with van der Waals surface area (Å²) in [6.07, 6.45) is 7.87. The summed E-state index contributed by atoms with van der Waals surface area (Å²) in [5.74, 6) is -0.206. The molecule has 5 nitrogen and oxygen atoms in total. The van der Waals surface area contributed by atoms with E-state index in [1.165, 1.54) is 6.07 Å². The number of rotatable bonds is 7. The van der Waals surface area contributed by atoms with Gasteiger partial charge in [0.1, 0.15) is 5.82 Å². The number of nitrogens with zero attached hydrogens (tertiary/aromatic N) is 3. The van der Waals surface area contributed by atoms with Gasteiger partial charge >= 0.3 is 0 Å². The first-order valence-corrected chi connectivity index (χ1v) is 9.05. The number of nitrogens with one attached hydrogen (secondary N) is 1. The summed E-state index contributed by atoms with van der Waals surface area (Å²) in [6, 6.07) is 5.09. The smallest absolute Gasteiger partial charge is 0.123 e. The molecule has 136 valence electrons. The lowest BCUT2D eigenvalue weighted by atomic mass is 10.0. The highest BCUT2D eigenvalue weighted by atomic mass is 19.1. The van der Waals surface area contributed by atoms with Gasteiger partial charge in [0.25, 0.3) is 0 Å². The Hall–Kier alpha value is -1.92. The lowest BCUT2D eigenvalue weighted by molar-refractivity contribution is 0.145. The minimum absolute atomic E-state index is 0.0698. The molecule has 1 aliphatic rings. The first-order chi connectivity index (χ1) is 12.1. The summed E-state index contributed by atoms with van der Waals surface area (Å²) in [4.78, 5) is 6.29. The molecular formula is C19H27FN4O. The molecule has 0 spiro atoms. The van der Waals surface area contributed by atoms with E-state index in [1.54, 1.807) is 12.3 Å². The van der Waals surface area contributed by atoms with Gasteiger partial charge in [-0.3, -0.25) is 0 Å². The summed E-state index contributed by atoms with van der Waals surface area (Å²) >= 11 is 0. The summed E-state index contributed by atoms with van der Waals surface area (Å²) in [5, 5.41) is 13.2. The molecule has 0 radical (unpaired) electrons. The molecule has 25 heavy (non-hydrogen) atoms. The van der Waals surface area contributed by atoms with Crippen LogP contribution in [-0.2, 0) is 6.54 Å². The minimum atomic E-state index is -0.209. The normalized spacial score (nSPS) is 17.0. The van der Waals surface area contributed by atoms with Crippen LogP contribution in [0.15, 0.2) is 36.9 Å². The van der Waals surface area contributed by atoms with E-state index >= 15 is 0 Å².